The summed E-state index contributed by atoms with van der Waals surface area (Å²) in [5, 5.41) is 14.7. The predicted molar refractivity (Wildman–Crippen MR) is 238 cm³/mol. The second-order valence-corrected chi connectivity index (χ2v) is 16.2. The molecule has 7 aromatic carbocycles. The molecule has 1 aliphatic carbocycles. The van der Waals surface area contributed by atoms with Crippen LogP contribution in [0.1, 0.15) is 36.3 Å². The molecule has 6 heteroatoms. The molecular formula is C51H36N4OS. The highest BCUT2D eigenvalue weighted by Gasteiger charge is 2.26. The molecular weight excluding hydrogens is 717 g/mol. The van der Waals surface area contributed by atoms with Gasteiger partial charge in [-0.2, -0.15) is 0 Å². The number of aromatic nitrogens is 1. The third-order valence-electron chi connectivity index (χ3n) is 11.7. The van der Waals surface area contributed by atoms with Gasteiger partial charge in [0.2, 0.25) is 0 Å². The fraction of sp³-hybridized carbons (Fsp3) is 0.0784. The molecule has 1 aliphatic heterocycles. The number of aliphatic imine (C=N–C) groups is 1. The van der Waals surface area contributed by atoms with Crippen LogP contribution in [0.2, 0.25) is 0 Å². The van der Waals surface area contributed by atoms with E-state index in [-0.39, 0.29) is 12.3 Å². The van der Waals surface area contributed by atoms with Crippen molar-refractivity contribution >= 4 is 81.1 Å². The first-order chi connectivity index (χ1) is 28.2. The molecule has 0 amide bonds. The number of nitrogens with one attached hydrogen (secondary N) is 2. The van der Waals surface area contributed by atoms with Gasteiger partial charge in [0.25, 0.3) is 0 Å². The topological polar surface area (TPSA) is 54.5 Å². The summed E-state index contributed by atoms with van der Waals surface area (Å²) in [7, 11) is 0. The Balaban J connectivity index is 0.895. The van der Waals surface area contributed by atoms with Crippen molar-refractivity contribution in [3.63, 3.8) is 0 Å². The first kappa shape index (κ1) is 32.5. The van der Waals surface area contributed by atoms with Crippen molar-refractivity contribution in [1.82, 2.24) is 15.2 Å². The predicted octanol–water partition coefficient (Wildman–Crippen LogP) is 13.3. The minimum absolute atomic E-state index is 0.0493. The zero-order valence-corrected chi connectivity index (χ0v) is 31.8. The number of furan rings is 1. The second kappa shape index (κ2) is 12.9. The van der Waals surface area contributed by atoms with Gasteiger partial charge < -0.3 is 14.3 Å². The first-order valence-corrected chi connectivity index (χ1v) is 20.5. The van der Waals surface area contributed by atoms with Crippen LogP contribution in [-0.4, -0.2) is 10.4 Å². The van der Waals surface area contributed by atoms with Crippen molar-refractivity contribution in [2.24, 2.45) is 4.99 Å². The zero-order valence-electron chi connectivity index (χ0n) is 30.9. The minimum Gasteiger partial charge on any atom is -0.456 e. The maximum atomic E-state index is 6.52. The molecule has 0 bridgehead atoms. The lowest BCUT2D eigenvalue weighted by Gasteiger charge is -2.32. The van der Waals surface area contributed by atoms with Gasteiger partial charge in [-0.25, -0.2) is 4.99 Å². The van der Waals surface area contributed by atoms with Crippen molar-refractivity contribution in [2.45, 2.75) is 25.2 Å². The van der Waals surface area contributed by atoms with E-state index in [2.05, 4.69) is 185 Å². The van der Waals surface area contributed by atoms with Crippen LogP contribution in [0, 0.1) is 0 Å². The van der Waals surface area contributed by atoms with Crippen LogP contribution in [0.5, 0.6) is 0 Å². The van der Waals surface area contributed by atoms with Gasteiger partial charge in [0.1, 0.15) is 29.3 Å². The Kier molecular flexibility index (Phi) is 7.37. The fourth-order valence-corrected chi connectivity index (χ4v) is 10.0. The Morgan fingerprint density at radius 2 is 1.35 bits per heavy atom. The summed E-state index contributed by atoms with van der Waals surface area (Å²) < 4.78 is 11.4. The molecule has 0 radical (unpaired) electrons. The average Bonchev–Trinajstić information content (AvgIpc) is 3.95. The molecule has 272 valence electrons. The van der Waals surface area contributed by atoms with Gasteiger partial charge in [-0.05, 0) is 95.8 Å². The summed E-state index contributed by atoms with van der Waals surface area (Å²) >= 11 is 1.84. The number of para-hydroxylation sites is 2. The van der Waals surface area contributed by atoms with Gasteiger partial charge in [-0.3, -0.25) is 5.32 Å². The van der Waals surface area contributed by atoms with E-state index in [1.54, 1.807) is 0 Å². The summed E-state index contributed by atoms with van der Waals surface area (Å²) in [6, 6.07) is 54.8. The first-order valence-electron chi connectivity index (χ1n) is 19.7. The van der Waals surface area contributed by atoms with E-state index >= 15 is 0 Å². The smallest absolute Gasteiger partial charge is 0.136 e. The van der Waals surface area contributed by atoms with Crippen LogP contribution >= 0.6 is 11.3 Å². The van der Waals surface area contributed by atoms with Crippen molar-refractivity contribution in [1.29, 1.82) is 0 Å². The quantitative estimate of drug-likeness (QED) is 0.184. The molecule has 57 heavy (non-hydrogen) atoms. The van der Waals surface area contributed by atoms with E-state index in [4.69, 9.17) is 9.41 Å². The molecule has 2 atom stereocenters. The largest absolute Gasteiger partial charge is 0.456 e. The second-order valence-electron chi connectivity index (χ2n) is 15.1. The Labute approximate surface area is 332 Å². The number of thiophene rings is 1. The van der Waals surface area contributed by atoms with E-state index in [9.17, 15) is 0 Å². The Morgan fingerprint density at radius 1 is 0.579 bits per heavy atom. The van der Waals surface area contributed by atoms with Crippen molar-refractivity contribution in [2.75, 3.05) is 0 Å². The SMILES string of the molecule is C1=CC(C2=NC(c3ccc4c(c3)sc3ccc(-c5ccc6c(c5)oc5ccc(-n7c8ccccc8c8ccccc87)cc56)cc34)NC(c3ccccc3)N2)=CCC1. The highest BCUT2D eigenvalue weighted by molar-refractivity contribution is 7.25. The molecule has 10 aromatic rings. The van der Waals surface area contributed by atoms with Crippen LogP contribution in [-0.2, 0) is 0 Å². The number of allylic oxidation sites excluding steroid dienone is 2. The van der Waals surface area contributed by atoms with Crippen LogP contribution in [0.3, 0.4) is 0 Å². The molecule has 12 rings (SSSR count). The lowest BCUT2D eigenvalue weighted by Crippen LogP contribution is -2.45. The normalized spacial score (nSPS) is 17.2. The van der Waals surface area contributed by atoms with Gasteiger partial charge in [0.15, 0.2) is 0 Å². The summed E-state index contributed by atoms with van der Waals surface area (Å²) in [4.78, 5) is 5.22. The standard InChI is InChI=1S/C51H36N4OS/c1-3-11-31(12-4-1)49-52-50(32-13-5-2-6-14-32)54-51(53-49)35-20-24-40-42-27-33(21-26-47(42)57-48(40)29-35)34-19-23-39-41-30-36(22-25-45(41)56-46(39)28-34)55-43-17-9-7-15-37(43)38-16-8-10-18-44(38)55/h1,3-5,7-30,49,51,53H,2,6H2,(H,52,54). The third-order valence-corrected chi connectivity index (χ3v) is 12.8. The van der Waals surface area contributed by atoms with Crippen LogP contribution in [0.4, 0.5) is 0 Å². The lowest BCUT2D eigenvalue weighted by atomic mass is 10.0. The number of rotatable bonds is 5. The van der Waals surface area contributed by atoms with Crippen molar-refractivity contribution in [3.05, 3.63) is 187 Å². The zero-order chi connectivity index (χ0) is 37.5. The van der Waals surface area contributed by atoms with Crippen molar-refractivity contribution < 1.29 is 4.42 Å². The van der Waals surface area contributed by atoms with Gasteiger partial charge >= 0.3 is 0 Å². The van der Waals surface area contributed by atoms with Crippen LogP contribution < -0.4 is 10.6 Å². The van der Waals surface area contributed by atoms with E-state index in [1.165, 1.54) is 53.1 Å². The van der Waals surface area contributed by atoms with Crippen LogP contribution in [0.15, 0.2) is 185 Å². The average molecular weight is 753 g/mol. The Bertz CT molecular complexity index is 3270. The Morgan fingerprint density at radius 3 is 2.18 bits per heavy atom. The lowest BCUT2D eigenvalue weighted by molar-refractivity contribution is 0.409. The number of hydrogen-bond acceptors (Lipinski definition) is 5. The number of nitrogens with zero attached hydrogens (tertiary/aromatic N) is 2. The summed E-state index contributed by atoms with van der Waals surface area (Å²) in [6.45, 7) is 0. The highest BCUT2D eigenvalue weighted by atomic mass is 32.1. The van der Waals surface area contributed by atoms with E-state index in [1.807, 2.05) is 11.3 Å². The van der Waals surface area contributed by atoms with Gasteiger partial charge in [-0.1, -0.05) is 109 Å². The molecule has 0 saturated heterocycles. The summed E-state index contributed by atoms with van der Waals surface area (Å²) in [5.74, 6) is 0.939. The maximum Gasteiger partial charge on any atom is 0.136 e. The fourth-order valence-electron chi connectivity index (χ4n) is 8.91. The molecule has 0 spiro atoms. The monoisotopic (exact) mass is 752 g/mol. The summed E-state index contributed by atoms with van der Waals surface area (Å²) in [6.07, 6.45) is 8.61. The molecule has 0 saturated carbocycles. The highest BCUT2D eigenvalue weighted by Crippen LogP contribution is 2.41. The van der Waals surface area contributed by atoms with E-state index in [0.717, 1.165) is 63.0 Å². The van der Waals surface area contributed by atoms with Crippen molar-refractivity contribution in [3.8, 4) is 16.8 Å². The number of hydrogen-bond donors (Lipinski definition) is 2. The third kappa shape index (κ3) is 5.36. The molecule has 2 unspecified atom stereocenters. The molecule has 4 heterocycles. The van der Waals surface area contributed by atoms with Gasteiger partial charge in [0, 0.05) is 53.0 Å². The molecule has 2 aliphatic rings. The molecule has 5 nitrogen and oxygen atoms in total. The molecule has 2 N–H and O–H groups in total. The van der Waals surface area contributed by atoms with Gasteiger partial charge in [-0.15, -0.1) is 11.3 Å². The number of benzene rings is 7. The minimum atomic E-state index is -0.179. The van der Waals surface area contributed by atoms with Crippen LogP contribution in [0.25, 0.3) is 80.7 Å². The molecule has 0 fully saturated rings. The van der Waals surface area contributed by atoms with E-state index in [0.29, 0.717) is 0 Å². The summed E-state index contributed by atoms with van der Waals surface area (Å²) in [5.41, 5.74) is 11.1. The maximum absolute atomic E-state index is 6.52. The van der Waals surface area contributed by atoms with E-state index < -0.39 is 0 Å². The number of amidine groups is 1. The number of fused-ring (bicyclic) bond motifs is 9. The Hall–Kier alpha value is -6.73. The van der Waals surface area contributed by atoms with Gasteiger partial charge in [0.05, 0.1) is 11.0 Å². The molecule has 3 aromatic heterocycles.